The van der Waals surface area contributed by atoms with Gasteiger partial charge < -0.3 is 4.43 Å². The van der Waals surface area contributed by atoms with Crippen molar-refractivity contribution in [3.63, 3.8) is 0 Å². The summed E-state index contributed by atoms with van der Waals surface area (Å²) in [5, 5.41) is 0. The van der Waals surface area contributed by atoms with Gasteiger partial charge in [-0.1, -0.05) is 72.6 Å². The molecule has 3 nitrogen and oxygen atoms in total. The van der Waals surface area contributed by atoms with Gasteiger partial charge in [0.25, 0.3) is 0 Å². The maximum Gasteiger partial charge on any atom is 0.200 e. The first kappa shape index (κ1) is 22.6. The third kappa shape index (κ3) is 5.04. The summed E-state index contributed by atoms with van der Waals surface area (Å²) in [5.74, 6) is 0.313. The predicted molar refractivity (Wildman–Crippen MR) is 116 cm³/mol. The van der Waals surface area contributed by atoms with Crippen LogP contribution in [0.4, 0.5) is 0 Å². The molecule has 1 fully saturated rings. The Hall–Kier alpha value is -0.653. The summed E-state index contributed by atoms with van der Waals surface area (Å²) in [6.45, 7) is 13.8. The minimum absolute atomic E-state index is 0.0797. The summed E-state index contributed by atoms with van der Waals surface area (Å²) in [4.78, 5) is 0.439. The normalized spacial score (nSPS) is 22.0. The lowest BCUT2D eigenvalue weighted by Crippen LogP contribution is -2.52. The van der Waals surface area contributed by atoms with E-state index >= 15 is 0 Å². The molecular formula is C22H38O3SSi. The molecule has 1 aliphatic rings. The largest absolute Gasteiger partial charge is 0.413 e. The first-order chi connectivity index (χ1) is 12.6. The zero-order valence-electron chi connectivity index (χ0n) is 17.9. The second-order valence-corrected chi connectivity index (χ2v) is 16.6. The van der Waals surface area contributed by atoms with Crippen LogP contribution in [0.15, 0.2) is 35.2 Å². The minimum Gasteiger partial charge on any atom is -0.413 e. The lowest BCUT2D eigenvalue weighted by atomic mass is 9.88. The molecule has 1 saturated carbocycles. The predicted octanol–water partition coefficient (Wildman–Crippen LogP) is 6.21. The molecule has 0 radical (unpaired) electrons. The summed E-state index contributed by atoms with van der Waals surface area (Å²) >= 11 is 0. The third-order valence-electron chi connectivity index (χ3n) is 6.44. The van der Waals surface area contributed by atoms with Crippen molar-refractivity contribution in [3.05, 3.63) is 30.3 Å². The molecule has 0 aliphatic heterocycles. The van der Waals surface area contributed by atoms with Crippen LogP contribution in [0.25, 0.3) is 0 Å². The standard InChI is InChI=1S/C22H38O3SSi/c1-17(2)27(18(3)4,19(5)6)25-22-15-11-10-12-20(22)16-26(23,24)21-13-8-7-9-14-21/h7-9,13-14,17-20,22H,10-12,15-16H2,1-6H3/t20-,22-/m1/s1. The molecule has 1 aliphatic carbocycles. The van der Waals surface area contributed by atoms with Crippen molar-refractivity contribution < 1.29 is 12.8 Å². The van der Waals surface area contributed by atoms with Crippen LogP contribution in [-0.2, 0) is 14.3 Å². The molecule has 0 aromatic heterocycles. The highest BCUT2D eigenvalue weighted by molar-refractivity contribution is 7.91. The van der Waals surface area contributed by atoms with E-state index in [4.69, 9.17) is 4.43 Å². The molecule has 154 valence electrons. The number of hydrogen-bond acceptors (Lipinski definition) is 3. The van der Waals surface area contributed by atoms with Gasteiger partial charge in [0.05, 0.1) is 10.6 Å². The van der Waals surface area contributed by atoms with E-state index < -0.39 is 18.2 Å². The lowest BCUT2D eigenvalue weighted by molar-refractivity contribution is 0.0852. The first-order valence-electron chi connectivity index (χ1n) is 10.6. The van der Waals surface area contributed by atoms with Gasteiger partial charge in [-0.3, -0.25) is 0 Å². The van der Waals surface area contributed by atoms with E-state index in [0.717, 1.165) is 25.7 Å². The second kappa shape index (κ2) is 9.23. The summed E-state index contributed by atoms with van der Waals surface area (Å²) in [5.41, 5.74) is 1.56. The van der Waals surface area contributed by atoms with Crippen LogP contribution in [0, 0.1) is 5.92 Å². The average Bonchev–Trinajstić information content (AvgIpc) is 2.60. The number of benzene rings is 1. The van der Waals surface area contributed by atoms with Crippen molar-refractivity contribution in [1.82, 2.24) is 0 Å². The van der Waals surface area contributed by atoms with Crippen LogP contribution in [0.3, 0.4) is 0 Å². The van der Waals surface area contributed by atoms with Crippen molar-refractivity contribution in [3.8, 4) is 0 Å². The Balaban J connectivity index is 2.26. The molecule has 2 atom stereocenters. The van der Waals surface area contributed by atoms with Crippen LogP contribution >= 0.6 is 0 Å². The highest BCUT2D eigenvalue weighted by Gasteiger charge is 2.48. The van der Waals surface area contributed by atoms with Gasteiger partial charge >= 0.3 is 0 Å². The molecule has 0 bridgehead atoms. The Morgan fingerprint density at radius 2 is 1.44 bits per heavy atom. The molecule has 1 aromatic carbocycles. The fourth-order valence-corrected chi connectivity index (χ4v) is 12.6. The zero-order valence-corrected chi connectivity index (χ0v) is 19.8. The molecule has 0 unspecified atom stereocenters. The van der Waals surface area contributed by atoms with Gasteiger partial charge in [-0.2, -0.15) is 0 Å². The van der Waals surface area contributed by atoms with Crippen molar-refractivity contribution in [2.75, 3.05) is 5.75 Å². The van der Waals surface area contributed by atoms with Crippen LogP contribution in [0.1, 0.15) is 67.2 Å². The van der Waals surface area contributed by atoms with E-state index in [1.807, 2.05) is 6.07 Å². The summed E-state index contributed by atoms with van der Waals surface area (Å²) in [7, 11) is -5.28. The molecule has 27 heavy (non-hydrogen) atoms. The Kier molecular flexibility index (Phi) is 7.74. The van der Waals surface area contributed by atoms with Gasteiger partial charge in [0.1, 0.15) is 0 Å². The lowest BCUT2D eigenvalue weighted by Gasteiger charge is -2.47. The fourth-order valence-electron chi connectivity index (χ4n) is 5.20. The molecule has 0 amide bonds. The van der Waals surface area contributed by atoms with Gasteiger partial charge in [0.15, 0.2) is 9.84 Å². The van der Waals surface area contributed by atoms with E-state index in [1.54, 1.807) is 24.3 Å². The van der Waals surface area contributed by atoms with Crippen molar-refractivity contribution in [2.24, 2.45) is 5.92 Å². The monoisotopic (exact) mass is 410 g/mol. The minimum atomic E-state index is -3.27. The third-order valence-corrected chi connectivity index (χ3v) is 14.4. The Morgan fingerprint density at radius 3 is 1.96 bits per heavy atom. The smallest absolute Gasteiger partial charge is 0.200 e. The van der Waals surface area contributed by atoms with E-state index in [2.05, 4.69) is 41.5 Å². The van der Waals surface area contributed by atoms with Crippen LogP contribution < -0.4 is 0 Å². The van der Waals surface area contributed by atoms with E-state index in [-0.39, 0.29) is 17.8 Å². The van der Waals surface area contributed by atoms with Crippen molar-refractivity contribution in [1.29, 1.82) is 0 Å². The van der Waals surface area contributed by atoms with Gasteiger partial charge in [0, 0.05) is 6.10 Å². The molecule has 0 spiro atoms. The van der Waals surface area contributed by atoms with Crippen molar-refractivity contribution in [2.45, 2.75) is 94.8 Å². The number of rotatable bonds is 8. The van der Waals surface area contributed by atoms with Crippen LogP contribution in [0.2, 0.25) is 16.6 Å². The second-order valence-electron chi connectivity index (χ2n) is 9.11. The van der Waals surface area contributed by atoms with Gasteiger partial charge in [-0.25, -0.2) is 8.42 Å². The van der Waals surface area contributed by atoms with Crippen LogP contribution in [-0.4, -0.2) is 28.6 Å². The van der Waals surface area contributed by atoms with Gasteiger partial charge in [0.2, 0.25) is 8.32 Å². The van der Waals surface area contributed by atoms with Crippen molar-refractivity contribution >= 4 is 18.2 Å². The molecule has 1 aromatic rings. The zero-order chi connectivity index (χ0) is 20.2. The van der Waals surface area contributed by atoms with Gasteiger partial charge in [-0.15, -0.1) is 0 Å². The molecule has 0 N–H and O–H groups in total. The molecule has 2 rings (SSSR count). The first-order valence-corrected chi connectivity index (χ1v) is 14.4. The summed E-state index contributed by atoms with van der Waals surface area (Å²) in [6.07, 6.45) is 4.28. The fraction of sp³-hybridized carbons (Fsp3) is 0.727. The maximum absolute atomic E-state index is 13.0. The van der Waals surface area contributed by atoms with E-state index in [9.17, 15) is 8.42 Å². The van der Waals surface area contributed by atoms with Crippen LogP contribution in [0.5, 0.6) is 0 Å². The topological polar surface area (TPSA) is 43.4 Å². The highest BCUT2D eigenvalue weighted by Crippen LogP contribution is 2.45. The quantitative estimate of drug-likeness (QED) is 0.478. The van der Waals surface area contributed by atoms with Gasteiger partial charge in [-0.05, 0) is 47.5 Å². The Labute approximate surface area is 168 Å². The molecule has 5 heteroatoms. The Morgan fingerprint density at radius 1 is 0.926 bits per heavy atom. The van der Waals surface area contributed by atoms with E-state index in [1.165, 1.54) is 0 Å². The molecule has 0 saturated heterocycles. The maximum atomic E-state index is 13.0. The molecular weight excluding hydrogens is 372 g/mol. The number of sulfone groups is 1. The number of hydrogen-bond donors (Lipinski definition) is 0. The summed E-state index contributed by atoms with van der Waals surface area (Å²) < 4.78 is 33.0. The summed E-state index contributed by atoms with van der Waals surface area (Å²) in [6, 6.07) is 8.89. The average molecular weight is 411 g/mol. The highest BCUT2D eigenvalue weighted by atomic mass is 32.2. The van der Waals surface area contributed by atoms with E-state index in [0.29, 0.717) is 21.5 Å². The Bertz CT molecular complexity index is 661. The SMILES string of the molecule is CC(C)[Si](O[C@@H]1CCCC[C@@H]1CS(=O)(=O)c1ccccc1)(C(C)C)C(C)C. The molecule has 0 heterocycles.